The van der Waals surface area contributed by atoms with Crippen molar-refractivity contribution in [3.8, 4) is 5.75 Å². The van der Waals surface area contributed by atoms with Crippen molar-refractivity contribution >= 4 is 11.8 Å². The van der Waals surface area contributed by atoms with Crippen molar-refractivity contribution in [1.82, 2.24) is 9.97 Å². The fraction of sp³-hybridized carbons (Fsp3) is 0.333. The summed E-state index contributed by atoms with van der Waals surface area (Å²) in [5, 5.41) is 15.7. The maximum atomic E-state index is 9.24. The third kappa shape index (κ3) is 3.85. The highest BCUT2D eigenvalue weighted by molar-refractivity contribution is 5.46. The number of hydrogen-bond acceptors (Lipinski definition) is 5. The molecule has 0 amide bonds. The molecule has 2 rings (SSSR count). The van der Waals surface area contributed by atoms with Crippen LogP contribution in [0.25, 0.3) is 0 Å². The second-order valence-electron chi connectivity index (χ2n) is 4.60. The van der Waals surface area contributed by atoms with Crippen LogP contribution in [0.1, 0.15) is 18.1 Å². The van der Waals surface area contributed by atoms with E-state index in [2.05, 4.69) is 20.6 Å². The van der Waals surface area contributed by atoms with E-state index >= 15 is 0 Å². The van der Waals surface area contributed by atoms with Crippen LogP contribution in [0.2, 0.25) is 0 Å². The van der Waals surface area contributed by atoms with Gasteiger partial charge in [0.05, 0.1) is 0 Å². The van der Waals surface area contributed by atoms with Gasteiger partial charge in [-0.2, -0.15) is 4.98 Å². The van der Waals surface area contributed by atoms with Crippen LogP contribution in [0, 0.1) is 6.92 Å². The summed E-state index contributed by atoms with van der Waals surface area (Å²) in [4.78, 5) is 8.65. The molecule has 0 aliphatic carbocycles. The Bertz CT molecular complexity index is 554. The van der Waals surface area contributed by atoms with Gasteiger partial charge in [-0.25, -0.2) is 4.98 Å². The molecule has 0 atom stereocenters. The van der Waals surface area contributed by atoms with E-state index in [1.165, 1.54) is 5.56 Å². The maximum Gasteiger partial charge on any atom is 0.224 e. The molecular formula is C15H20N4O. The molecule has 1 aromatic carbocycles. The first kappa shape index (κ1) is 14.1. The summed E-state index contributed by atoms with van der Waals surface area (Å²) in [6.45, 7) is 5.59. The number of nitrogens with one attached hydrogen (secondary N) is 2. The van der Waals surface area contributed by atoms with Crippen molar-refractivity contribution in [2.24, 2.45) is 0 Å². The fourth-order valence-corrected chi connectivity index (χ4v) is 1.85. The molecule has 1 aromatic heterocycles. The Kier molecular flexibility index (Phi) is 4.76. The summed E-state index contributed by atoms with van der Waals surface area (Å²) >= 11 is 0. The Morgan fingerprint density at radius 1 is 1.15 bits per heavy atom. The standard InChI is InChI=1S/C15H20N4O/c1-3-16-15-18-10-11(2)14(19-15)17-9-8-12-4-6-13(20)7-5-12/h4-7,10,20H,3,8-9H2,1-2H3,(H2,16,17,18,19). The van der Waals surface area contributed by atoms with Crippen molar-refractivity contribution < 1.29 is 5.11 Å². The summed E-state index contributed by atoms with van der Waals surface area (Å²) in [7, 11) is 0. The average molecular weight is 272 g/mol. The summed E-state index contributed by atoms with van der Waals surface area (Å²) in [5.41, 5.74) is 2.20. The van der Waals surface area contributed by atoms with Crippen molar-refractivity contribution in [3.63, 3.8) is 0 Å². The molecule has 2 aromatic rings. The van der Waals surface area contributed by atoms with E-state index in [1.54, 1.807) is 12.1 Å². The Balaban J connectivity index is 1.93. The second kappa shape index (κ2) is 6.75. The van der Waals surface area contributed by atoms with Gasteiger partial charge < -0.3 is 15.7 Å². The van der Waals surface area contributed by atoms with Crippen LogP contribution in [0.5, 0.6) is 5.75 Å². The predicted octanol–water partition coefficient (Wildman–Crippen LogP) is 2.58. The molecule has 0 aliphatic rings. The Morgan fingerprint density at radius 2 is 1.90 bits per heavy atom. The van der Waals surface area contributed by atoms with Crippen LogP contribution in [0.15, 0.2) is 30.5 Å². The number of phenols is 1. The van der Waals surface area contributed by atoms with Crippen LogP contribution >= 0.6 is 0 Å². The van der Waals surface area contributed by atoms with E-state index < -0.39 is 0 Å². The third-order valence-electron chi connectivity index (χ3n) is 2.95. The molecule has 0 bridgehead atoms. The number of rotatable bonds is 6. The lowest BCUT2D eigenvalue weighted by molar-refractivity contribution is 0.475. The van der Waals surface area contributed by atoms with Gasteiger partial charge in [-0.05, 0) is 38.0 Å². The Morgan fingerprint density at radius 3 is 2.60 bits per heavy atom. The van der Waals surface area contributed by atoms with Crippen LogP contribution in [0.4, 0.5) is 11.8 Å². The van der Waals surface area contributed by atoms with Crippen molar-refractivity contribution in [1.29, 1.82) is 0 Å². The molecule has 0 saturated carbocycles. The largest absolute Gasteiger partial charge is 0.508 e. The monoisotopic (exact) mass is 272 g/mol. The van der Waals surface area contributed by atoms with Crippen molar-refractivity contribution in [2.45, 2.75) is 20.3 Å². The SMILES string of the molecule is CCNc1ncc(C)c(NCCc2ccc(O)cc2)n1. The van der Waals surface area contributed by atoms with E-state index in [4.69, 9.17) is 0 Å². The zero-order valence-corrected chi connectivity index (χ0v) is 11.8. The molecule has 106 valence electrons. The van der Waals surface area contributed by atoms with Gasteiger partial charge in [0.2, 0.25) is 5.95 Å². The lowest BCUT2D eigenvalue weighted by Crippen LogP contribution is -2.10. The highest BCUT2D eigenvalue weighted by Crippen LogP contribution is 2.13. The highest BCUT2D eigenvalue weighted by atomic mass is 16.3. The Hall–Kier alpha value is -2.30. The van der Waals surface area contributed by atoms with Gasteiger partial charge in [-0.1, -0.05) is 12.1 Å². The summed E-state index contributed by atoms with van der Waals surface area (Å²) in [6, 6.07) is 7.25. The molecule has 3 N–H and O–H groups in total. The van der Waals surface area contributed by atoms with Crippen LogP contribution in [-0.4, -0.2) is 28.2 Å². The number of nitrogens with zero attached hydrogens (tertiary/aromatic N) is 2. The lowest BCUT2D eigenvalue weighted by atomic mass is 10.1. The van der Waals surface area contributed by atoms with E-state index in [1.807, 2.05) is 32.2 Å². The number of aromatic hydroxyl groups is 1. The second-order valence-corrected chi connectivity index (χ2v) is 4.60. The highest BCUT2D eigenvalue weighted by Gasteiger charge is 2.03. The number of aryl methyl sites for hydroxylation is 1. The van der Waals surface area contributed by atoms with E-state index in [0.717, 1.165) is 30.9 Å². The average Bonchev–Trinajstić information content (AvgIpc) is 2.45. The summed E-state index contributed by atoms with van der Waals surface area (Å²) < 4.78 is 0. The minimum absolute atomic E-state index is 0.295. The minimum Gasteiger partial charge on any atom is -0.508 e. The maximum absolute atomic E-state index is 9.24. The van der Waals surface area contributed by atoms with Gasteiger partial charge in [-0.3, -0.25) is 0 Å². The molecule has 0 radical (unpaired) electrons. The van der Waals surface area contributed by atoms with E-state index in [9.17, 15) is 5.11 Å². The number of hydrogen-bond donors (Lipinski definition) is 3. The fourth-order valence-electron chi connectivity index (χ4n) is 1.85. The Labute approximate surface area is 119 Å². The number of anilines is 2. The molecule has 5 heteroatoms. The number of benzene rings is 1. The smallest absolute Gasteiger partial charge is 0.224 e. The van der Waals surface area contributed by atoms with Gasteiger partial charge in [0.15, 0.2) is 0 Å². The van der Waals surface area contributed by atoms with Crippen LogP contribution in [0.3, 0.4) is 0 Å². The van der Waals surface area contributed by atoms with Gasteiger partial charge in [0.25, 0.3) is 0 Å². The molecule has 0 spiro atoms. The third-order valence-corrected chi connectivity index (χ3v) is 2.95. The van der Waals surface area contributed by atoms with Crippen molar-refractivity contribution in [3.05, 3.63) is 41.6 Å². The van der Waals surface area contributed by atoms with E-state index in [-0.39, 0.29) is 0 Å². The lowest BCUT2D eigenvalue weighted by Gasteiger charge is -2.10. The number of aromatic nitrogens is 2. The first-order valence-electron chi connectivity index (χ1n) is 6.78. The first-order chi connectivity index (χ1) is 9.69. The molecule has 0 aliphatic heterocycles. The van der Waals surface area contributed by atoms with Gasteiger partial charge in [-0.15, -0.1) is 0 Å². The molecule has 0 unspecified atom stereocenters. The molecule has 1 heterocycles. The molecule has 5 nitrogen and oxygen atoms in total. The molecule has 0 fully saturated rings. The molecule has 0 saturated heterocycles. The zero-order valence-electron chi connectivity index (χ0n) is 11.8. The van der Waals surface area contributed by atoms with Gasteiger partial charge in [0.1, 0.15) is 11.6 Å². The summed E-state index contributed by atoms with van der Waals surface area (Å²) in [5.74, 6) is 1.79. The van der Waals surface area contributed by atoms with Crippen LogP contribution < -0.4 is 10.6 Å². The van der Waals surface area contributed by atoms with Gasteiger partial charge >= 0.3 is 0 Å². The quantitative estimate of drug-likeness (QED) is 0.754. The zero-order chi connectivity index (χ0) is 14.4. The van der Waals surface area contributed by atoms with Gasteiger partial charge in [0, 0.05) is 24.8 Å². The molecule has 20 heavy (non-hydrogen) atoms. The number of phenolic OH excluding ortho intramolecular Hbond substituents is 1. The predicted molar refractivity (Wildman–Crippen MR) is 81.2 cm³/mol. The topological polar surface area (TPSA) is 70.1 Å². The van der Waals surface area contributed by atoms with Crippen LogP contribution in [-0.2, 0) is 6.42 Å². The minimum atomic E-state index is 0.295. The normalized spacial score (nSPS) is 10.3. The first-order valence-corrected chi connectivity index (χ1v) is 6.78. The molecular weight excluding hydrogens is 252 g/mol. The summed E-state index contributed by atoms with van der Waals surface area (Å²) in [6.07, 6.45) is 2.69. The van der Waals surface area contributed by atoms with Crippen molar-refractivity contribution in [2.75, 3.05) is 23.7 Å². The van der Waals surface area contributed by atoms with E-state index in [0.29, 0.717) is 11.7 Å².